The SMILES string of the molecule is CC(Sc1nnc(Cc2cccs2)n1C1CC1)C(=O)Nc1ccnn1C(C)C. The summed E-state index contributed by atoms with van der Waals surface area (Å²) in [7, 11) is 0. The lowest BCUT2D eigenvalue weighted by Gasteiger charge is -2.15. The molecule has 1 atom stereocenters. The standard InChI is InChI=1S/C19H24N6OS2/c1-12(2)25-16(8-9-20-25)21-18(26)13(3)28-19-23-22-17(24(19)14-6-7-14)11-15-5-4-10-27-15/h4-5,8-10,12-14H,6-7,11H2,1-3H3,(H,21,26). The average Bonchev–Trinajstić information content (AvgIpc) is 3.06. The van der Waals surface area contributed by atoms with Gasteiger partial charge in [-0.1, -0.05) is 17.8 Å². The van der Waals surface area contributed by atoms with E-state index < -0.39 is 0 Å². The van der Waals surface area contributed by atoms with Crippen molar-refractivity contribution in [1.29, 1.82) is 0 Å². The van der Waals surface area contributed by atoms with Crippen molar-refractivity contribution >= 4 is 34.8 Å². The number of nitrogens with zero attached hydrogens (tertiary/aromatic N) is 5. The normalized spacial score (nSPS) is 15.1. The van der Waals surface area contributed by atoms with E-state index in [0.29, 0.717) is 6.04 Å². The molecule has 1 saturated carbocycles. The van der Waals surface area contributed by atoms with Crippen LogP contribution in [0.4, 0.5) is 5.82 Å². The average molecular weight is 417 g/mol. The van der Waals surface area contributed by atoms with Crippen LogP contribution in [-0.4, -0.2) is 35.7 Å². The van der Waals surface area contributed by atoms with Gasteiger partial charge in [0.05, 0.1) is 11.4 Å². The molecule has 3 heterocycles. The first-order chi connectivity index (χ1) is 13.5. The van der Waals surface area contributed by atoms with Crippen molar-refractivity contribution in [1.82, 2.24) is 24.5 Å². The zero-order chi connectivity index (χ0) is 19.7. The summed E-state index contributed by atoms with van der Waals surface area (Å²) in [6.45, 7) is 5.98. The van der Waals surface area contributed by atoms with Crippen molar-refractivity contribution < 1.29 is 4.79 Å². The van der Waals surface area contributed by atoms with Crippen LogP contribution in [0, 0.1) is 0 Å². The van der Waals surface area contributed by atoms with E-state index in [0.717, 1.165) is 36.1 Å². The second-order valence-corrected chi connectivity index (χ2v) is 9.60. The summed E-state index contributed by atoms with van der Waals surface area (Å²) >= 11 is 3.20. The molecule has 1 amide bonds. The van der Waals surface area contributed by atoms with Gasteiger partial charge in [0.2, 0.25) is 5.91 Å². The Morgan fingerprint density at radius 1 is 1.32 bits per heavy atom. The van der Waals surface area contributed by atoms with E-state index in [2.05, 4.69) is 42.7 Å². The molecule has 1 N–H and O–H groups in total. The number of hydrogen-bond donors (Lipinski definition) is 1. The minimum Gasteiger partial charge on any atom is -0.310 e. The number of rotatable bonds is 8. The van der Waals surface area contributed by atoms with Gasteiger partial charge in [-0.3, -0.25) is 4.79 Å². The summed E-state index contributed by atoms with van der Waals surface area (Å²) < 4.78 is 4.04. The van der Waals surface area contributed by atoms with E-state index in [-0.39, 0.29) is 17.2 Å². The predicted molar refractivity (Wildman–Crippen MR) is 112 cm³/mol. The third-order valence-corrected chi connectivity index (χ3v) is 6.55. The highest BCUT2D eigenvalue weighted by Crippen LogP contribution is 2.40. The Hall–Kier alpha value is -2.13. The summed E-state index contributed by atoms with van der Waals surface area (Å²) in [5.41, 5.74) is 0. The summed E-state index contributed by atoms with van der Waals surface area (Å²) in [5, 5.41) is 18.7. The monoisotopic (exact) mass is 416 g/mol. The lowest BCUT2D eigenvalue weighted by Crippen LogP contribution is -2.25. The summed E-state index contributed by atoms with van der Waals surface area (Å²) in [6.07, 6.45) is 4.79. The maximum atomic E-state index is 12.7. The Kier molecular flexibility index (Phi) is 5.54. The van der Waals surface area contributed by atoms with Crippen LogP contribution >= 0.6 is 23.1 Å². The van der Waals surface area contributed by atoms with Gasteiger partial charge in [-0.05, 0) is 45.1 Å². The minimum atomic E-state index is -0.285. The molecule has 0 aromatic carbocycles. The van der Waals surface area contributed by atoms with Crippen LogP contribution < -0.4 is 5.32 Å². The predicted octanol–water partition coefficient (Wildman–Crippen LogP) is 4.16. The summed E-state index contributed by atoms with van der Waals surface area (Å²) in [5.74, 6) is 1.64. The van der Waals surface area contributed by atoms with Gasteiger partial charge in [0, 0.05) is 29.4 Å². The number of thiophene rings is 1. The second kappa shape index (κ2) is 8.08. The fourth-order valence-electron chi connectivity index (χ4n) is 3.04. The molecule has 28 heavy (non-hydrogen) atoms. The van der Waals surface area contributed by atoms with Crippen molar-refractivity contribution in [3.63, 3.8) is 0 Å². The number of hydrogen-bond acceptors (Lipinski definition) is 6. The first-order valence-electron chi connectivity index (χ1n) is 9.50. The van der Waals surface area contributed by atoms with Gasteiger partial charge in [0.25, 0.3) is 0 Å². The van der Waals surface area contributed by atoms with Crippen LogP contribution in [0.25, 0.3) is 0 Å². The highest BCUT2D eigenvalue weighted by Gasteiger charge is 2.31. The van der Waals surface area contributed by atoms with E-state index in [9.17, 15) is 4.79 Å². The fraction of sp³-hybridized carbons (Fsp3) is 0.474. The Bertz CT molecular complexity index is 942. The van der Waals surface area contributed by atoms with Crippen LogP contribution in [-0.2, 0) is 11.2 Å². The van der Waals surface area contributed by atoms with Gasteiger partial charge in [-0.25, -0.2) is 4.68 Å². The van der Waals surface area contributed by atoms with Gasteiger partial charge < -0.3 is 9.88 Å². The molecule has 0 aliphatic heterocycles. The summed E-state index contributed by atoms with van der Waals surface area (Å²) in [6, 6.07) is 6.65. The van der Waals surface area contributed by atoms with E-state index in [1.807, 2.05) is 26.8 Å². The van der Waals surface area contributed by atoms with Crippen LogP contribution in [0.5, 0.6) is 0 Å². The van der Waals surface area contributed by atoms with Crippen molar-refractivity contribution in [3.05, 3.63) is 40.5 Å². The van der Waals surface area contributed by atoms with E-state index >= 15 is 0 Å². The largest absolute Gasteiger partial charge is 0.310 e. The Morgan fingerprint density at radius 2 is 2.14 bits per heavy atom. The molecule has 148 valence electrons. The molecular formula is C19H24N6OS2. The zero-order valence-electron chi connectivity index (χ0n) is 16.2. The van der Waals surface area contributed by atoms with Gasteiger partial charge in [0.15, 0.2) is 5.16 Å². The van der Waals surface area contributed by atoms with Crippen LogP contribution in [0.2, 0.25) is 0 Å². The van der Waals surface area contributed by atoms with Crippen LogP contribution in [0.15, 0.2) is 34.9 Å². The summed E-state index contributed by atoms with van der Waals surface area (Å²) in [4.78, 5) is 14.0. The minimum absolute atomic E-state index is 0.0578. The molecule has 7 nitrogen and oxygen atoms in total. The molecule has 1 fully saturated rings. The van der Waals surface area contributed by atoms with Gasteiger partial charge >= 0.3 is 0 Å². The van der Waals surface area contributed by atoms with Crippen molar-refractivity contribution in [2.75, 3.05) is 5.32 Å². The Labute approximate surface area is 172 Å². The number of amides is 1. The number of anilines is 1. The van der Waals surface area contributed by atoms with Crippen LogP contribution in [0.1, 0.15) is 56.4 Å². The lowest BCUT2D eigenvalue weighted by molar-refractivity contribution is -0.115. The first-order valence-corrected chi connectivity index (χ1v) is 11.3. The zero-order valence-corrected chi connectivity index (χ0v) is 17.8. The Balaban J connectivity index is 1.46. The molecule has 0 bridgehead atoms. The molecule has 1 unspecified atom stereocenters. The van der Waals surface area contributed by atoms with Gasteiger partial charge in [-0.15, -0.1) is 21.5 Å². The van der Waals surface area contributed by atoms with Gasteiger partial charge in [-0.2, -0.15) is 5.10 Å². The molecular weight excluding hydrogens is 392 g/mol. The maximum absolute atomic E-state index is 12.7. The molecule has 9 heteroatoms. The number of carbonyl (C=O) groups excluding carboxylic acids is 1. The third kappa shape index (κ3) is 4.15. The van der Waals surface area contributed by atoms with Crippen LogP contribution in [0.3, 0.4) is 0 Å². The molecule has 0 spiro atoms. The molecule has 0 saturated heterocycles. The molecule has 0 radical (unpaired) electrons. The van der Waals surface area contributed by atoms with Gasteiger partial charge in [0.1, 0.15) is 11.6 Å². The fourth-order valence-corrected chi connectivity index (χ4v) is 4.68. The molecule has 4 rings (SSSR count). The van der Waals surface area contributed by atoms with Crippen molar-refractivity contribution in [2.45, 2.75) is 62.5 Å². The Morgan fingerprint density at radius 3 is 2.82 bits per heavy atom. The topological polar surface area (TPSA) is 77.6 Å². The number of nitrogens with one attached hydrogen (secondary N) is 1. The third-order valence-electron chi connectivity index (χ3n) is 4.62. The lowest BCUT2D eigenvalue weighted by atomic mass is 10.3. The van der Waals surface area contributed by atoms with E-state index in [1.54, 1.807) is 22.2 Å². The molecule has 3 aromatic heterocycles. The quantitative estimate of drug-likeness (QED) is 0.558. The maximum Gasteiger partial charge on any atom is 0.238 e. The van der Waals surface area contributed by atoms with E-state index in [1.165, 1.54) is 16.6 Å². The number of aromatic nitrogens is 5. The van der Waals surface area contributed by atoms with Crippen molar-refractivity contribution in [2.24, 2.45) is 0 Å². The second-order valence-electron chi connectivity index (χ2n) is 7.26. The highest BCUT2D eigenvalue weighted by atomic mass is 32.2. The molecule has 1 aliphatic carbocycles. The van der Waals surface area contributed by atoms with E-state index in [4.69, 9.17) is 0 Å². The van der Waals surface area contributed by atoms with Crippen molar-refractivity contribution in [3.8, 4) is 0 Å². The number of carbonyl (C=O) groups is 1. The molecule has 1 aliphatic rings. The number of thioether (sulfide) groups is 1. The highest BCUT2D eigenvalue weighted by molar-refractivity contribution is 8.00. The molecule has 3 aromatic rings. The smallest absolute Gasteiger partial charge is 0.238 e. The first kappa shape index (κ1) is 19.2.